The second-order valence-electron chi connectivity index (χ2n) is 5.70. The zero-order valence-corrected chi connectivity index (χ0v) is 15.6. The molecule has 0 atom stereocenters. The number of hydrogen-bond donors (Lipinski definition) is 0. The number of furan rings is 1. The molecule has 25 heavy (non-hydrogen) atoms. The van der Waals surface area contributed by atoms with E-state index in [0.717, 1.165) is 48.3 Å². The Labute approximate surface area is 156 Å². The lowest BCUT2D eigenvalue weighted by Crippen LogP contribution is -1.97. The minimum absolute atomic E-state index is 0.839. The van der Waals surface area contributed by atoms with Gasteiger partial charge in [0.2, 0.25) is 0 Å². The third-order valence-corrected chi connectivity index (χ3v) is 5.53. The summed E-state index contributed by atoms with van der Waals surface area (Å²) in [5.74, 6) is 0. The summed E-state index contributed by atoms with van der Waals surface area (Å²) in [7, 11) is 0. The van der Waals surface area contributed by atoms with E-state index >= 15 is 0 Å². The SMILES string of the molecule is CSc1nc(-c2cccc3c2oc2ccccc23)cc2c(Br)cnn12. The highest BCUT2D eigenvalue weighted by molar-refractivity contribution is 9.10. The van der Waals surface area contributed by atoms with Crippen molar-refractivity contribution in [2.24, 2.45) is 0 Å². The first-order valence-corrected chi connectivity index (χ1v) is 9.77. The maximum atomic E-state index is 6.15. The van der Waals surface area contributed by atoms with Crippen LogP contribution >= 0.6 is 27.7 Å². The Morgan fingerprint density at radius 1 is 1.08 bits per heavy atom. The monoisotopic (exact) mass is 409 g/mol. The van der Waals surface area contributed by atoms with Crippen molar-refractivity contribution in [3.05, 3.63) is 59.2 Å². The largest absolute Gasteiger partial charge is 0.455 e. The molecule has 122 valence electrons. The van der Waals surface area contributed by atoms with E-state index in [-0.39, 0.29) is 0 Å². The average Bonchev–Trinajstić information content (AvgIpc) is 3.21. The molecule has 0 aliphatic carbocycles. The van der Waals surface area contributed by atoms with Crippen LogP contribution in [0.3, 0.4) is 0 Å². The molecule has 0 amide bonds. The van der Waals surface area contributed by atoms with Crippen molar-refractivity contribution >= 4 is 55.1 Å². The van der Waals surface area contributed by atoms with Crippen molar-refractivity contribution in [3.63, 3.8) is 0 Å². The van der Waals surface area contributed by atoms with Crippen LogP contribution in [0.25, 0.3) is 38.7 Å². The molecule has 3 heterocycles. The Bertz CT molecular complexity index is 1260. The van der Waals surface area contributed by atoms with Gasteiger partial charge in [0.15, 0.2) is 5.16 Å². The molecular formula is C19H12BrN3OS. The van der Waals surface area contributed by atoms with Gasteiger partial charge in [-0.2, -0.15) is 5.10 Å². The van der Waals surface area contributed by atoms with Gasteiger partial charge < -0.3 is 4.42 Å². The van der Waals surface area contributed by atoms with Gasteiger partial charge in [0.1, 0.15) is 11.2 Å². The molecule has 0 bridgehead atoms. The number of rotatable bonds is 2. The van der Waals surface area contributed by atoms with E-state index in [9.17, 15) is 0 Å². The molecule has 3 aromatic heterocycles. The van der Waals surface area contributed by atoms with Gasteiger partial charge in [-0.05, 0) is 40.4 Å². The number of halogens is 1. The zero-order valence-electron chi connectivity index (χ0n) is 13.2. The molecule has 0 aliphatic rings. The minimum Gasteiger partial charge on any atom is -0.455 e. The number of para-hydroxylation sites is 2. The lowest BCUT2D eigenvalue weighted by molar-refractivity contribution is 0.669. The van der Waals surface area contributed by atoms with E-state index in [1.54, 1.807) is 18.0 Å². The summed E-state index contributed by atoms with van der Waals surface area (Å²) in [6, 6.07) is 16.3. The van der Waals surface area contributed by atoms with E-state index in [1.165, 1.54) is 0 Å². The van der Waals surface area contributed by atoms with Crippen LogP contribution < -0.4 is 0 Å². The number of aromatic nitrogens is 3. The predicted octanol–water partition coefficient (Wildman–Crippen LogP) is 5.78. The van der Waals surface area contributed by atoms with Crippen molar-refractivity contribution in [3.8, 4) is 11.3 Å². The average molecular weight is 410 g/mol. The Balaban J connectivity index is 1.86. The number of hydrogen-bond acceptors (Lipinski definition) is 4. The van der Waals surface area contributed by atoms with E-state index in [2.05, 4.69) is 45.3 Å². The van der Waals surface area contributed by atoms with Gasteiger partial charge in [-0.3, -0.25) is 0 Å². The summed E-state index contributed by atoms with van der Waals surface area (Å²) >= 11 is 5.14. The summed E-state index contributed by atoms with van der Waals surface area (Å²) in [5.41, 5.74) is 4.61. The Kier molecular flexibility index (Phi) is 3.36. The van der Waals surface area contributed by atoms with Crippen LogP contribution in [0.5, 0.6) is 0 Å². The molecule has 0 saturated carbocycles. The van der Waals surface area contributed by atoms with E-state index in [1.807, 2.05) is 35.0 Å². The van der Waals surface area contributed by atoms with Crippen LogP contribution in [0.1, 0.15) is 0 Å². The lowest BCUT2D eigenvalue weighted by Gasteiger charge is -2.07. The summed E-state index contributed by atoms with van der Waals surface area (Å²) in [5, 5.41) is 7.45. The normalized spacial score (nSPS) is 11.8. The second-order valence-corrected chi connectivity index (χ2v) is 7.33. The molecule has 0 fully saturated rings. The summed E-state index contributed by atoms with van der Waals surface area (Å²) in [6.07, 6.45) is 3.80. The summed E-state index contributed by atoms with van der Waals surface area (Å²) in [6.45, 7) is 0. The molecule has 2 aromatic carbocycles. The molecule has 5 rings (SSSR count). The Morgan fingerprint density at radius 2 is 1.92 bits per heavy atom. The third-order valence-electron chi connectivity index (χ3n) is 4.29. The fraction of sp³-hybridized carbons (Fsp3) is 0.0526. The van der Waals surface area contributed by atoms with Gasteiger partial charge in [0.25, 0.3) is 0 Å². The van der Waals surface area contributed by atoms with Crippen LogP contribution in [0, 0.1) is 0 Å². The van der Waals surface area contributed by atoms with Crippen molar-refractivity contribution in [1.29, 1.82) is 0 Å². The van der Waals surface area contributed by atoms with Gasteiger partial charge >= 0.3 is 0 Å². The van der Waals surface area contributed by atoms with Gasteiger partial charge in [-0.1, -0.05) is 42.1 Å². The molecule has 6 heteroatoms. The fourth-order valence-corrected chi connectivity index (χ4v) is 4.03. The quantitative estimate of drug-likeness (QED) is 0.273. The molecule has 0 N–H and O–H groups in total. The first kappa shape index (κ1) is 15.0. The molecule has 0 radical (unpaired) electrons. The highest BCUT2D eigenvalue weighted by atomic mass is 79.9. The first-order valence-electron chi connectivity index (χ1n) is 7.75. The van der Waals surface area contributed by atoms with Crippen molar-refractivity contribution < 1.29 is 4.42 Å². The fourth-order valence-electron chi connectivity index (χ4n) is 3.15. The molecular weight excluding hydrogens is 398 g/mol. The molecule has 0 aliphatic heterocycles. The van der Waals surface area contributed by atoms with Gasteiger partial charge in [0, 0.05) is 16.3 Å². The number of thioether (sulfide) groups is 1. The standard InChI is InChI=1S/C19H12BrN3OS/c1-25-19-22-15(9-16-14(20)10-21-23(16)19)13-7-4-6-12-11-5-2-3-8-17(11)24-18(12)13/h2-10H,1H3. The zero-order chi connectivity index (χ0) is 17.0. The molecule has 0 spiro atoms. The molecule has 0 unspecified atom stereocenters. The van der Waals surface area contributed by atoms with Crippen molar-refractivity contribution in [1.82, 2.24) is 14.6 Å². The molecule has 4 nitrogen and oxygen atoms in total. The third kappa shape index (κ3) is 2.21. The van der Waals surface area contributed by atoms with Gasteiger partial charge in [-0.25, -0.2) is 9.50 Å². The topological polar surface area (TPSA) is 43.3 Å². The number of benzene rings is 2. The Hall–Kier alpha value is -2.31. The van der Waals surface area contributed by atoms with E-state index in [4.69, 9.17) is 9.40 Å². The number of nitrogens with zero attached hydrogens (tertiary/aromatic N) is 3. The molecule has 0 saturated heterocycles. The van der Waals surface area contributed by atoms with Gasteiger partial charge in [0.05, 0.1) is 21.9 Å². The van der Waals surface area contributed by atoms with Crippen LogP contribution in [-0.4, -0.2) is 20.9 Å². The maximum Gasteiger partial charge on any atom is 0.189 e. The minimum atomic E-state index is 0.839. The smallest absolute Gasteiger partial charge is 0.189 e. The van der Waals surface area contributed by atoms with E-state index in [0.29, 0.717) is 0 Å². The highest BCUT2D eigenvalue weighted by Gasteiger charge is 2.16. The predicted molar refractivity (Wildman–Crippen MR) is 105 cm³/mol. The first-order chi connectivity index (χ1) is 12.3. The lowest BCUT2D eigenvalue weighted by atomic mass is 10.1. The Morgan fingerprint density at radius 3 is 2.80 bits per heavy atom. The van der Waals surface area contributed by atoms with Crippen LogP contribution in [0.15, 0.2) is 68.8 Å². The van der Waals surface area contributed by atoms with Crippen molar-refractivity contribution in [2.45, 2.75) is 5.16 Å². The van der Waals surface area contributed by atoms with Crippen LogP contribution in [-0.2, 0) is 0 Å². The number of fused-ring (bicyclic) bond motifs is 4. The maximum absolute atomic E-state index is 6.15. The highest BCUT2D eigenvalue weighted by Crippen LogP contribution is 2.36. The summed E-state index contributed by atoms with van der Waals surface area (Å²) < 4.78 is 8.95. The second kappa shape index (κ2) is 5.61. The van der Waals surface area contributed by atoms with Gasteiger partial charge in [-0.15, -0.1) is 0 Å². The van der Waals surface area contributed by atoms with Crippen LogP contribution in [0.4, 0.5) is 0 Å². The van der Waals surface area contributed by atoms with E-state index < -0.39 is 0 Å². The summed E-state index contributed by atoms with van der Waals surface area (Å²) in [4.78, 5) is 4.81. The van der Waals surface area contributed by atoms with Crippen LogP contribution in [0.2, 0.25) is 0 Å². The molecule has 5 aromatic rings. The van der Waals surface area contributed by atoms with Crippen molar-refractivity contribution in [2.75, 3.05) is 6.26 Å².